The summed E-state index contributed by atoms with van der Waals surface area (Å²) in [5, 5.41) is 10.5. The first-order valence-corrected chi connectivity index (χ1v) is 14.9. The van der Waals surface area contributed by atoms with Crippen LogP contribution in [-0.4, -0.2) is 58.9 Å². The third-order valence-electron chi connectivity index (χ3n) is 7.36. The standard InChI is InChI=1S/C18H21ClFNO.C17H17ClFNO2.2CH4.CH3.BrH.Mg/c1-13(18(2,3)22)21(12-14-7-5-4-6-8-14)15-9-10-17(20)16(19)11-15;1-12(17(21)22-2)20(11-13-6-4-3-5-7-13)14-8-9-16(19)15(18)10-14;;;;;/h4-11,13,22H,12H2,1-3H3;3-10,12H,11H2,1-2H3;2*1H4;1H3;1H;/q;;;;-1;;+2/p-1. The number of hydrogen-bond donors (Lipinski definition) is 1. The molecule has 2 atom stereocenters. The van der Waals surface area contributed by atoms with Crippen LogP contribution in [0.25, 0.3) is 0 Å². The molecule has 2 unspecified atom stereocenters. The Morgan fingerprint density at radius 1 is 0.776 bits per heavy atom. The maximum Gasteiger partial charge on any atom is 2.00 e. The second kappa shape index (κ2) is 23.9. The number of carbonyl (C=O) groups excluding carboxylic acids is 1. The van der Waals surface area contributed by atoms with Crippen LogP contribution in [0.1, 0.15) is 53.7 Å². The van der Waals surface area contributed by atoms with Crippen molar-refractivity contribution in [2.75, 3.05) is 16.9 Å². The van der Waals surface area contributed by atoms with Crippen molar-refractivity contribution in [2.24, 2.45) is 0 Å². The van der Waals surface area contributed by atoms with Crippen LogP contribution in [0.5, 0.6) is 0 Å². The Balaban J connectivity index is -0.000000784. The predicted octanol–water partition coefficient (Wildman–Crippen LogP) is 7.04. The van der Waals surface area contributed by atoms with Gasteiger partial charge in [-0.3, -0.25) is 0 Å². The number of esters is 1. The summed E-state index contributed by atoms with van der Waals surface area (Å²) in [6.07, 6.45) is 0. The van der Waals surface area contributed by atoms with Crippen LogP contribution in [-0.2, 0) is 22.6 Å². The van der Waals surface area contributed by atoms with E-state index in [4.69, 9.17) is 27.9 Å². The van der Waals surface area contributed by atoms with E-state index in [2.05, 4.69) is 0 Å². The Labute approximate surface area is 329 Å². The van der Waals surface area contributed by atoms with E-state index in [1.54, 1.807) is 39.0 Å². The molecule has 11 heteroatoms. The fourth-order valence-corrected chi connectivity index (χ4v) is 4.82. The van der Waals surface area contributed by atoms with Crippen molar-refractivity contribution >= 4 is 63.6 Å². The van der Waals surface area contributed by atoms with Gasteiger partial charge in [0.15, 0.2) is 0 Å². The minimum atomic E-state index is -0.907. The fraction of sp³-hybridized carbons (Fsp3) is 0.316. The predicted molar refractivity (Wildman–Crippen MR) is 201 cm³/mol. The van der Waals surface area contributed by atoms with Crippen molar-refractivity contribution in [3.8, 4) is 0 Å². The number of ether oxygens (including phenoxy) is 1. The third-order valence-corrected chi connectivity index (χ3v) is 7.94. The number of carbonyl (C=O) groups is 1. The summed E-state index contributed by atoms with van der Waals surface area (Å²) in [6, 6.07) is 28.0. The van der Waals surface area contributed by atoms with Crippen LogP contribution < -0.4 is 26.8 Å². The molecule has 0 aliphatic carbocycles. The van der Waals surface area contributed by atoms with Crippen molar-refractivity contribution in [2.45, 2.75) is 73.3 Å². The van der Waals surface area contributed by atoms with Crippen LogP contribution in [0.15, 0.2) is 97.1 Å². The number of aliphatic hydroxyl groups is 1. The first-order valence-electron chi connectivity index (χ1n) is 14.1. The van der Waals surface area contributed by atoms with Crippen molar-refractivity contribution in [3.05, 3.63) is 137 Å². The van der Waals surface area contributed by atoms with Crippen molar-refractivity contribution < 1.29 is 40.4 Å². The molecule has 0 aromatic heterocycles. The van der Waals surface area contributed by atoms with E-state index >= 15 is 0 Å². The molecule has 0 aliphatic heterocycles. The van der Waals surface area contributed by atoms with Gasteiger partial charge in [0, 0.05) is 24.5 Å². The molecule has 0 saturated carbocycles. The third kappa shape index (κ3) is 15.2. The minimum absolute atomic E-state index is 0. The maximum atomic E-state index is 13.4. The quantitative estimate of drug-likeness (QED) is 0.106. The zero-order valence-corrected chi connectivity index (χ0v) is 32.1. The van der Waals surface area contributed by atoms with E-state index < -0.39 is 23.3 Å². The molecule has 0 amide bonds. The van der Waals surface area contributed by atoms with Crippen LogP contribution in [0.2, 0.25) is 10.0 Å². The number of benzene rings is 4. The van der Waals surface area contributed by atoms with Gasteiger partial charge in [0.25, 0.3) is 0 Å². The van der Waals surface area contributed by atoms with Crippen LogP contribution in [0.4, 0.5) is 20.2 Å². The van der Waals surface area contributed by atoms with Gasteiger partial charge in [-0.25, -0.2) is 13.6 Å². The van der Waals surface area contributed by atoms with Crippen molar-refractivity contribution in [3.63, 3.8) is 0 Å². The summed E-state index contributed by atoms with van der Waals surface area (Å²) in [5.41, 5.74) is 2.67. The maximum absolute atomic E-state index is 13.4. The second-order valence-corrected chi connectivity index (χ2v) is 11.8. The molecular formula is C38H49BrCl2F2MgN2O3. The molecule has 0 fully saturated rings. The summed E-state index contributed by atoms with van der Waals surface area (Å²) < 4.78 is 31.6. The Bertz CT molecular complexity index is 1520. The van der Waals surface area contributed by atoms with Crippen molar-refractivity contribution in [1.82, 2.24) is 0 Å². The van der Waals surface area contributed by atoms with Crippen LogP contribution in [0.3, 0.4) is 0 Å². The van der Waals surface area contributed by atoms with E-state index in [-0.39, 0.29) is 84.4 Å². The first-order chi connectivity index (χ1) is 20.8. The van der Waals surface area contributed by atoms with Gasteiger partial charge in [-0.1, -0.05) is 98.7 Å². The van der Waals surface area contributed by atoms with Gasteiger partial charge in [-0.15, -0.1) is 0 Å². The smallest absolute Gasteiger partial charge is 1.00 e. The zero-order valence-electron chi connectivity index (χ0n) is 27.6. The molecule has 4 rings (SSSR count). The number of hydrogen-bond acceptors (Lipinski definition) is 5. The Morgan fingerprint density at radius 2 is 1.14 bits per heavy atom. The molecule has 266 valence electrons. The molecule has 0 heterocycles. The van der Waals surface area contributed by atoms with Gasteiger partial charge in [-0.2, -0.15) is 0 Å². The normalized spacial score (nSPS) is 11.1. The van der Waals surface area contributed by atoms with E-state index in [1.165, 1.54) is 25.3 Å². The van der Waals surface area contributed by atoms with Gasteiger partial charge in [-0.05, 0) is 75.2 Å². The summed E-state index contributed by atoms with van der Waals surface area (Å²) >= 11 is 11.8. The number of anilines is 2. The summed E-state index contributed by atoms with van der Waals surface area (Å²) in [5.74, 6) is -1.30. The first kappa shape index (κ1) is 51.0. The second-order valence-electron chi connectivity index (χ2n) is 11.0. The molecule has 0 radical (unpaired) electrons. The molecule has 0 aliphatic rings. The molecule has 1 N–H and O–H groups in total. The number of methoxy groups -OCH3 is 1. The van der Waals surface area contributed by atoms with E-state index in [1.807, 2.05) is 77.4 Å². The van der Waals surface area contributed by atoms with Gasteiger partial charge < -0.3 is 44.1 Å². The van der Waals surface area contributed by atoms with Gasteiger partial charge in [0.2, 0.25) is 0 Å². The fourth-order valence-electron chi connectivity index (χ4n) is 4.47. The average molecular weight is 795 g/mol. The largest absolute Gasteiger partial charge is 2.00 e. The number of nitrogens with zero attached hydrogens (tertiary/aromatic N) is 2. The number of halogens is 5. The van der Waals surface area contributed by atoms with Crippen LogP contribution in [0, 0.1) is 19.1 Å². The minimum Gasteiger partial charge on any atom is -1.00 e. The van der Waals surface area contributed by atoms with E-state index in [9.17, 15) is 18.7 Å². The molecule has 0 saturated heterocycles. The molecule has 4 aromatic carbocycles. The van der Waals surface area contributed by atoms with Gasteiger partial charge in [0.1, 0.15) is 17.7 Å². The van der Waals surface area contributed by atoms with Gasteiger partial charge >= 0.3 is 29.0 Å². The van der Waals surface area contributed by atoms with E-state index in [0.29, 0.717) is 18.8 Å². The molecule has 0 spiro atoms. The van der Waals surface area contributed by atoms with Crippen LogP contribution >= 0.6 is 23.2 Å². The molecule has 49 heavy (non-hydrogen) atoms. The van der Waals surface area contributed by atoms with E-state index in [0.717, 1.165) is 16.8 Å². The monoisotopic (exact) mass is 792 g/mol. The van der Waals surface area contributed by atoms with Gasteiger partial charge in [0.05, 0.1) is 28.8 Å². The Hall–Kier alpha value is -2.40. The zero-order chi connectivity index (χ0) is 32.4. The Morgan fingerprint density at radius 3 is 1.49 bits per heavy atom. The SMILES string of the molecule is C.C.CC(N(Cc1ccccc1)c1ccc(F)c(Cl)c1)C(C)(C)O.COC(=O)C(C)N(Cc1ccccc1)c1ccc(F)c(Cl)c1.[Br-].[CH3-].[Mg+2]. The molecule has 0 bridgehead atoms. The average Bonchev–Trinajstić information content (AvgIpc) is 3.01. The molecule has 4 aromatic rings. The molecular weight excluding hydrogens is 746 g/mol. The topological polar surface area (TPSA) is 53.0 Å². The summed E-state index contributed by atoms with van der Waals surface area (Å²) in [4.78, 5) is 15.8. The summed E-state index contributed by atoms with van der Waals surface area (Å²) in [7, 11) is 1.34. The van der Waals surface area contributed by atoms with Crippen molar-refractivity contribution in [1.29, 1.82) is 0 Å². The Kier molecular flexibility index (Phi) is 24.9. The summed E-state index contributed by atoms with van der Waals surface area (Å²) in [6.45, 7) is 8.31. The number of rotatable bonds is 10. The molecule has 5 nitrogen and oxygen atoms in total.